The quantitative estimate of drug-likeness (QED) is 0.362. The fourth-order valence-electron chi connectivity index (χ4n) is 3.43. The summed E-state index contributed by atoms with van der Waals surface area (Å²) in [5.74, 6) is 1.32. The number of nitrogens with one attached hydrogen (secondary N) is 2. The van der Waals surface area contributed by atoms with Crippen LogP contribution in [0.1, 0.15) is 0 Å². The molecule has 0 aliphatic rings. The molecule has 9 nitrogen and oxygen atoms in total. The molecule has 0 aliphatic heterocycles. The number of nitrogens with zero attached hydrogens (tertiary/aromatic N) is 4. The molecule has 5 aromatic rings. The number of benzene rings is 2. The van der Waals surface area contributed by atoms with Gasteiger partial charge in [-0.1, -0.05) is 12.1 Å². The first-order chi connectivity index (χ1) is 16.5. The van der Waals surface area contributed by atoms with E-state index in [1.165, 1.54) is 18.5 Å². The van der Waals surface area contributed by atoms with Crippen LogP contribution < -0.4 is 14.8 Å². The highest BCUT2D eigenvalue weighted by atomic mass is 32.2. The van der Waals surface area contributed by atoms with Crippen LogP contribution in [0.25, 0.3) is 16.9 Å². The van der Waals surface area contributed by atoms with Gasteiger partial charge in [0.2, 0.25) is 0 Å². The fourth-order valence-corrected chi connectivity index (χ4v) is 4.44. The number of hydrogen-bond acceptors (Lipinski definition) is 7. The van der Waals surface area contributed by atoms with Crippen molar-refractivity contribution in [1.29, 1.82) is 0 Å². The second-order valence-corrected chi connectivity index (χ2v) is 9.04. The zero-order valence-corrected chi connectivity index (χ0v) is 18.9. The van der Waals surface area contributed by atoms with Gasteiger partial charge in [0.05, 0.1) is 12.8 Å². The van der Waals surface area contributed by atoms with E-state index in [1.807, 2.05) is 47.1 Å². The number of anilines is 3. The molecule has 2 aromatic carbocycles. The lowest BCUT2D eigenvalue weighted by Crippen LogP contribution is -2.13. The van der Waals surface area contributed by atoms with Gasteiger partial charge in [0.25, 0.3) is 10.0 Å². The molecule has 0 aliphatic carbocycles. The monoisotopic (exact) mass is 472 g/mol. The summed E-state index contributed by atoms with van der Waals surface area (Å²) in [5.41, 5.74) is 3.28. The van der Waals surface area contributed by atoms with Crippen molar-refractivity contribution in [2.75, 3.05) is 17.1 Å². The summed E-state index contributed by atoms with van der Waals surface area (Å²) >= 11 is 0. The molecule has 10 heteroatoms. The van der Waals surface area contributed by atoms with Crippen molar-refractivity contribution in [1.82, 2.24) is 19.4 Å². The number of ether oxygens (including phenoxy) is 1. The summed E-state index contributed by atoms with van der Waals surface area (Å²) in [6.45, 7) is 0. The molecule has 0 saturated carbocycles. The summed E-state index contributed by atoms with van der Waals surface area (Å²) < 4.78 is 35.1. The minimum absolute atomic E-state index is 0.0874. The highest BCUT2D eigenvalue weighted by Crippen LogP contribution is 2.27. The first kappa shape index (κ1) is 21.4. The summed E-state index contributed by atoms with van der Waals surface area (Å²) in [4.78, 5) is 13.1. The van der Waals surface area contributed by atoms with Crippen LogP contribution in [-0.2, 0) is 10.0 Å². The number of fused-ring (bicyclic) bond motifs is 1. The SMILES string of the molecule is COc1ccc(Nc2nc(-c3cccc(NS(=O)(=O)c4cccnc4)c3)cn3ccnc23)cc1. The Hall–Kier alpha value is -4.44. The average Bonchev–Trinajstić information content (AvgIpc) is 3.34. The fraction of sp³-hybridized carbons (Fsp3) is 0.0417. The van der Waals surface area contributed by atoms with E-state index in [9.17, 15) is 8.42 Å². The normalized spacial score (nSPS) is 11.3. The van der Waals surface area contributed by atoms with Crippen LogP contribution in [0.3, 0.4) is 0 Å². The van der Waals surface area contributed by atoms with Gasteiger partial charge in [0.1, 0.15) is 10.6 Å². The molecular weight excluding hydrogens is 452 g/mol. The first-order valence-corrected chi connectivity index (χ1v) is 11.8. The van der Waals surface area contributed by atoms with Crippen LogP contribution >= 0.6 is 0 Å². The molecule has 0 spiro atoms. The van der Waals surface area contributed by atoms with Crippen molar-refractivity contribution in [2.45, 2.75) is 4.90 Å². The maximum Gasteiger partial charge on any atom is 0.263 e. The predicted octanol–water partition coefficient (Wildman–Crippen LogP) is 4.34. The predicted molar refractivity (Wildman–Crippen MR) is 130 cm³/mol. The van der Waals surface area contributed by atoms with Gasteiger partial charge in [-0.05, 0) is 48.5 Å². The lowest BCUT2D eigenvalue weighted by molar-refractivity contribution is 0.415. The van der Waals surface area contributed by atoms with E-state index in [4.69, 9.17) is 9.72 Å². The highest BCUT2D eigenvalue weighted by molar-refractivity contribution is 7.92. The second-order valence-electron chi connectivity index (χ2n) is 7.36. The zero-order chi connectivity index (χ0) is 23.5. The number of rotatable bonds is 7. The minimum Gasteiger partial charge on any atom is -0.497 e. The Balaban J connectivity index is 1.48. The van der Waals surface area contributed by atoms with Gasteiger partial charge in [-0.25, -0.2) is 18.4 Å². The maximum absolute atomic E-state index is 12.7. The van der Waals surface area contributed by atoms with Crippen LogP contribution in [0.4, 0.5) is 17.2 Å². The van der Waals surface area contributed by atoms with E-state index in [-0.39, 0.29) is 4.90 Å². The molecule has 0 amide bonds. The van der Waals surface area contributed by atoms with Crippen LogP contribution in [0, 0.1) is 0 Å². The summed E-state index contributed by atoms with van der Waals surface area (Å²) in [7, 11) is -2.15. The Morgan fingerprint density at radius 3 is 2.59 bits per heavy atom. The Kier molecular flexibility index (Phi) is 5.56. The molecule has 5 rings (SSSR count). The number of aromatic nitrogens is 4. The molecule has 34 heavy (non-hydrogen) atoms. The Bertz CT molecular complexity index is 1550. The van der Waals surface area contributed by atoms with E-state index in [1.54, 1.807) is 37.6 Å². The molecule has 0 radical (unpaired) electrons. The van der Waals surface area contributed by atoms with Gasteiger partial charge in [-0.3, -0.25) is 9.71 Å². The number of sulfonamides is 1. The largest absolute Gasteiger partial charge is 0.497 e. The minimum atomic E-state index is -3.76. The van der Waals surface area contributed by atoms with Crippen LogP contribution in [0.5, 0.6) is 5.75 Å². The molecule has 2 N–H and O–H groups in total. The van der Waals surface area contributed by atoms with Gasteiger partial charge in [0.15, 0.2) is 11.5 Å². The Morgan fingerprint density at radius 1 is 0.971 bits per heavy atom. The van der Waals surface area contributed by atoms with E-state index in [0.717, 1.165) is 17.0 Å². The summed E-state index contributed by atoms with van der Waals surface area (Å²) in [5, 5.41) is 3.30. The number of pyridine rings is 1. The van der Waals surface area contributed by atoms with Crippen molar-refractivity contribution in [3.05, 3.63) is 91.6 Å². The van der Waals surface area contributed by atoms with Crippen molar-refractivity contribution in [3.63, 3.8) is 0 Å². The molecule has 0 atom stereocenters. The molecular formula is C24H20N6O3S. The van der Waals surface area contributed by atoms with Crippen LogP contribution in [0.2, 0.25) is 0 Å². The van der Waals surface area contributed by atoms with Gasteiger partial charge in [0, 0.05) is 47.9 Å². The molecule has 0 saturated heterocycles. The average molecular weight is 473 g/mol. The van der Waals surface area contributed by atoms with Gasteiger partial charge >= 0.3 is 0 Å². The van der Waals surface area contributed by atoms with Crippen molar-refractivity contribution >= 4 is 32.9 Å². The van der Waals surface area contributed by atoms with Crippen molar-refractivity contribution in [3.8, 4) is 17.0 Å². The number of methoxy groups -OCH3 is 1. The first-order valence-electron chi connectivity index (χ1n) is 10.3. The topological polar surface area (TPSA) is 111 Å². The van der Waals surface area contributed by atoms with Crippen LogP contribution in [0.15, 0.2) is 96.5 Å². The maximum atomic E-state index is 12.7. The van der Waals surface area contributed by atoms with Gasteiger partial charge < -0.3 is 14.5 Å². The lowest BCUT2D eigenvalue weighted by Gasteiger charge is -2.12. The number of hydrogen-bond donors (Lipinski definition) is 2. The zero-order valence-electron chi connectivity index (χ0n) is 18.1. The van der Waals surface area contributed by atoms with E-state index < -0.39 is 10.0 Å². The molecule has 0 bridgehead atoms. The summed E-state index contributed by atoms with van der Waals surface area (Å²) in [6, 6.07) is 17.6. The smallest absolute Gasteiger partial charge is 0.263 e. The molecule has 0 unspecified atom stereocenters. The third kappa shape index (κ3) is 4.39. The van der Waals surface area contributed by atoms with Crippen LogP contribution in [-0.4, -0.2) is 34.9 Å². The Morgan fingerprint density at radius 2 is 1.82 bits per heavy atom. The van der Waals surface area contributed by atoms with Crippen molar-refractivity contribution in [2.24, 2.45) is 0 Å². The Labute approximate surface area is 196 Å². The summed E-state index contributed by atoms with van der Waals surface area (Å²) in [6.07, 6.45) is 8.19. The standard InChI is InChI=1S/C24H20N6O3S/c1-33-20-9-7-18(8-10-20)27-23-24-26-12-13-30(24)16-22(28-23)17-4-2-5-19(14-17)29-34(31,32)21-6-3-11-25-15-21/h2-16,29H,1H3,(H,27,28). The molecule has 3 heterocycles. The molecule has 0 fully saturated rings. The van der Waals surface area contributed by atoms with Gasteiger partial charge in [-0.2, -0.15) is 0 Å². The molecule has 170 valence electrons. The second kappa shape index (κ2) is 8.83. The van der Waals surface area contributed by atoms with E-state index in [2.05, 4.69) is 20.0 Å². The van der Waals surface area contributed by atoms with Gasteiger partial charge in [-0.15, -0.1) is 0 Å². The number of imidazole rings is 1. The highest BCUT2D eigenvalue weighted by Gasteiger charge is 2.15. The van der Waals surface area contributed by atoms with Crippen molar-refractivity contribution < 1.29 is 13.2 Å². The lowest BCUT2D eigenvalue weighted by atomic mass is 10.1. The third-order valence-electron chi connectivity index (χ3n) is 5.08. The van der Waals surface area contributed by atoms with E-state index >= 15 is 0 Å². The third-order valence-corrected chi connectivity index (χ3v) is 6.45. The molecule has 3 aromatic heterocycles. The van der Waals surface area contributed by atoms with E-state index in [0.29, 0.717) is 22.8 Å².